The van der Waals surface area contributed by atoms with Crippen molar-refractivity contribution in [3.8, 4) is 5.75 Å². The number of ether oxygens (including phenoxy) is 1. The molecule has 0 saturated carbocycles. The van der Waals surface area contributed by atoms with Crippen molar-refractivity contribution in [1.29, 1.82) is 0 Å². The number of hydrogen-bond donors (Lipinski definition) is 1. The zero-order chi connectivity index (χ0) is 11.8. The quantitative estimate of drug-likeness (QED) is 0.718. The molecule has 0 radical (unpaired) electrons. The van der Waals surface area contributed by atoms with Crippen LogP contribution in [-0.2, 0) is 0 Å². The molecule has 1 aromatic rings. The van der Waals surface area contributed by atoms with E-state index < -0.39 is 0 Å². The highest BCUT2D eigenvalue weighted by atomic mass is 16.5. The van der Waals surface area contributed by atoms with Gasteiger partial charge in [-0.3, -0.25) is 0 Å². The van der Waals surface area contributed by atoms with Crippen LogP contribution in [0.15, 0.2) is 18.2 Å². The summed E-state index contributed by atoms with van der Waals surface area (Å²) in [6.45, 7) is 5.85. The van der Waals surface area contributed by atoms with E-state index in [-0.39, 0.29) is 0 Å². The molecule has 90 valence electrons. The van der Waals surface area contributed by atoms with Crippen LogP contribution in [0.4, 0.5) is 0 Å². The van der Waals surface area contributed by atoms with Crippen LogP contribution in [0.2, 0.25) is 0 Å². The first kappa shape index (κ1) is 13.0. The van der Waals surface area contributed by atoms with E-state index in [1.54, 1.807) is 0 Å². The molecule has 0 saturated heterocycles. The number of hydrogen-bond acceptors (Lipinski definition) is 2. The maximum Gasteiger partial charge on any atom is 0.119 e. The lowest BCUT2D eigenvalue weighted by molar-refractivity contribution is 0.304. The average molecular weight is 221 g/mol. The fourth-order valence-electron chi connectivity index (χ4n) is 1.59. The first-order valence-electron chi connectivity index (χ1n) is 6.14. The highest BCUT2D eigenvalue weighted by molar-refractivity contribution is 5.33. The number of unbranched alkanes of at least 4 members (excludes halogenated alkanes) is 3. The van der Waals surface area contributed by atoms with Crippen LogP contribution in [0, 0.1) is 13.8 Å². The van der Waals surface area contributed by atoms with Crippen molar-refractivity contribution in [2.45, 2.75) is 39.5 Å². The van der Waals surface area contributed by atoms with Crippen LogP contribution >= 0.6 is 0 Å². The molecule has 0 atom stereocenters. The second kappa shape index (κ2) is 7.29. The minimum Gasteiger partial charge on any atom is -0.494 e. The fraction of sp³-hybridized carbons (Fsp3) is 0.571. The summed E-state index contributed by atoms with van der Waals surface area (Å²) in [5.74, 6) is 0.988. The molecule has 2 heteroatoms. The van der Waals surface area contributed by atoms with Gasteiger partial charge in [-0.2, -0.15) is 0 Å². The van der Waals surface area contributed by atoms with Gasteiger partial charge in [0, 0.05) is 0 Å². The van der Waals surface area contributed by atoms with Gasteiger partial charge in [0.15, 0.2) is 0 Å². The van der Waals surface area contributed by atoms with E-state index in [1.165, 1.54) is 24.0 Å². The van der Waals surface area contributed by atoms with Crippen LogP contribution in [0.5, 0.6) is 5.75 Å². The third-order valence-electron chi connectivity index (χ3n) is 2.85. The predicted octanol–water partition coefficient (Wildman–Crippen LogP) is 3.20. The van der Waals surface area contributed by atoms with Crippen LogP contribution in [0.25, 0.3) is 0 Å². The average Bonchev–Trinajstić information content (AvgIpc) is 2.28. The van der Waals surface area contributed by atoms with Crippen LogP contribution in [-0.4, -0.2) is 13.2 Å². The van der Waals surface area contributed by atoms with E-state index in [1.807, 2.05) is 6.07 Å². The molecule has 2 N–H and O–H groups in total. The Hall–Kier alpha value is -1.02. The van der Waals surface area contributed by atoms with Crippen molar-refractivity contribution in [3.63, 3.8) is 0 Å². The third kappa shape index (κ3) is 4.67. The summed E-state index contributed by atoms with van der Waals surface area (Å²) >= 11 is 0. The van der Waals surface area contributed by atoms with Gasteiger partial charge in [-0.25, -0.2) is 0 Å². The van der Waals surface area contributed by atoms with Crippen molar-refractivity contribution in [3.05, 3.63) is 29.3 Å². The predicted molar refractivity (Wildman–Crippen MR) is 68.9 cm³/mol. The van der Waals surface area contributed by atoms with Gasteiger partial charge in [0.05, 0.1) is 6.61 Å². The second-order valence-electron chi connectivity index (χ2n) is 4.30. The summed E-state index contributed by atoms with van der Waals surface area (Å²) < 4.78 is 5.69. The Bertz CT molecular complexity index is 310. The molecular formula is C14H23NO. The summed E-state index contributed by atoms with van der Waals surface area (Å²) in [4.78, 5) is 0. The van der Waals surface area contributed by atoms with Crippen LogP contribution in [0.3, 0.4) is 0 Å². The molecule has 0 aromatic heterocycles. The van der Waals surface area contributed by atoms with Gasteiger partial charge in [-0.05, 0) is 56.5 Å². The molecule has 0 heterocycles. The molecule has 2 nitrogen and oxygen atoms in total. The van der Waals surface area contributed by atoms with Crippen LogP contribution in [0.1, 0.15) is 36.8 Å². The minimum atomic E-state index is 0.804. The molecule has 16 heavy (non-hydrogen) atoms. The lowest BCUT2D eigenvalue weighted by Crippen LogP contribution is -2.00. The molecule has 0 fully saturated rings. The van der Waals surface area contributed by atoms with Crippen molar-refractivity contribution in [2.75, 3.05) is 13.2 Å². The van der Waals surface area contributed by atoms with E-state index in [9.17, 15) is 0 Å². The van der Waals surface area contributed by atoms with Gasteiger partial charge in [-0.1, -0.05) is 18.9 Å². The maximum atomic E-state index is 5.69. The van der Waals surface area contributed by atoms with Gasteiger partial charge in [0.1, 0.15) is 5.75 Å². The molecule has 0 bridgehead atoms. The summed E-state index contributed by atoms with van der Waals surface area (Å²) in [5, 5.41) is 0. The highest BCUT2D eigenvalue weighted by Gasteiger charge is 1.97. The SMILES string of the molecule is Cc1ccc(OCCCCCCN)cc1C. The van der Waals surface area contributed by atoms with Gasteiger partial charge >= 0.3 is 0 Å². The van der Waals surface area contributed by atoms with Gasteiger partial charge in [0.25, 0.3) is 0 Å². The summed E-state index contributed by atoms with van der Waals surface area (Å²) in [6.07, 6.45) is 4.67. The van der Waals surface area contributed by atoms with Crippen molar-refractivity contribution in [2.24, 2.45) is 5.73 Å². The van der Waals surface area contributed by atoms with E-state index in [4.69, 9.17) is 10.5 Å². The Morgan fingerprint density at radius 2 is 1.75 bits per heavy atom. The standard InChI is InChI=1S/C14H23NO/c1-12-7-8-14(11-13(12)2)16-10-6-4-3-5-9-15/h7-8,11H,3-6,9-10,15H2,1-2H3. The molecule has 0 aliphatic carbocycles. The zero-order valence-corrected chi connectivity index (χ0v) is 10.5. The topological polar surface area (TPSA) is 35.2 Å². The Kier molecular flexibility index (Phi) is 5.94. The number of rotatable bonds is 7. The molecule has 0 spiro atoms. The fourth-order valence-corrected chi connectivity index (χ4v) is 1.59. The molecule has 0 amide bonds. The van der Waals surface area contributed by atoms with E-state index in [0.717, 1.165) is 31.7 Å². The number of aryl methyl sites for hydroxylation is 2. The molecule has 0 aliphatic heterocycles. The van der Waals surface area contributed by atoms with Gasteiger partial charge in [-0.15, -0.1) is 0 Å². The Balaban J connectivity index is 2.19. The molecule has 1 rings (SSSR count). The molecule has 1 aromatic carbocycles. The van der Waals surface area contributed by atoms with E-state index in [0.29, 0.717) is 0 Å². The summed E-state index contributed by atoms with van der Waals surface area (Å²) in [5.41, 5.74) is 8.04. The normalized spacial score (nSPS) is 10.4. The number of benzene rings is 1. The molecular weight excluding hydrogens is 198 g/mol. The van der Waals surface area contributed by atoms with Gasteiger partial charge in [0.2, 0.25) is 0 Å². The Morgan fingerprint density at radius 1 is 1.00 bits per heavy atom. The maximum absolute atomic E-state index is 5.69. The third-order valence-corrected chi connectivity index (χ3v) is 2.85. The largest absolute Gasteiger partial charge is 0.494 e. The van der Waals surface area contributed by atoms with Gasteiger partial charge < -0.3 is 10.5 Å². The molecule has 0 unspecified atom stereocenters. The first-order valence-corrected chi connectivity index (χ1v) is 6.14. The monoisotopic (exact) mass is 221 g/mol. The Morgan fingerprint density at radius 3 is 2.44 bits per heavy atom. The summed E-state index contributed by atoms with van der Waals surface area (Å²) in [6, 6.07) is 6.26. The molecule has 0 aliphatic rings. The Labute approximate surface area is 98.8 Å². The second-order valence-corrected chi connectivity index (χ2v) is 4.30. The first-order chi connectivity index (χ1) is 7.74. The van der Waals surface area contributed by atoms with Crippen molar-refractivity contribution < 1.29 is 4.74 Å². The lowest BCUT2D eigenvalue weighted by atomic mass is 10.1. The van der Waals surface area contributed by atoms with Crippen molar-refractivity contribution >= 4 is 0 Å². The summed E-state index contributed by atoms with van der Waals surface area (Å²) in [7, 11) is 0. The van der Waals surface area contributed by atoms with Crippen molar-refractivity contribution in [1.82, 2.24) is 0 Å². The highest BCUT2D eigenvalue weighted by Crippen LogP contribution is 2.16. The lowest BCUT2D eigenvalue weighted by Gasteiger charge is -2.08. The minimum absolute atomic E-state index is 0.804. The van der Waals surface area contributed by atoms with E-state index >= 15 is 0 Å². The van der Waals surface area contributed by atoms with Crippen LogP contribution < -0.4 is 10.5 Å². The zero-order valence-electron chi connectivity index (χ0n) is 10.5. The van der Waals surface area contributed by atoms with E-state index in [2.05, 4.69) is 26.0 Å². The smallest absolute Gasteiger partial charge is 0.119 e. The number of nitrogens with two attached hydrogens (primary N) is 1.